The summed E-state index contributed by atoms with van der Waals surface area (Å²) in [7, 11) is 0. The second-order valence-electron chi connectivity index (χ2n) is 5.96. The van der Waals surface area contributed by atoms with Crippen molar-refractivity contribution >= 4 is 34.3 Å². The van der Waals surface area contributed by atoms with Crippen molar-refractivity contribution in [3.05, 3.63) is 75.0 Å². The van der Waals surface area contributed by atoms with Gasteiger partial charge in [0.15, 0.2) is 5.69 Å². The highest BCUT2D eigenvalue weighted by Gasteiger charge is 2.15. The van der Waals surface area contributed by atoms with Crippen molar-refractivity contribution < 1.29 is 5.11 Å². The summed E-state index contributed by atoms with van der Waals surface area (Å²) in [6, 6.07) is 13.6. The lowest BCUT2D eigenvalue weighted by molar-refractivity contribution is 0.475. The quantitative estimate of drug-likeness (QED) is 0.441. The summed E-state index contributed by atoms with van der Waals surface area (Å²) in [5.74, 6) is 0.138. The van der Waals surface area contributed by atoms with Gasteiger partial charge in [0.05, 0.1) is 17.1 Å². The van der Waals surface area contributed by atoms with Crippen LogP contribution < -0.4 is 5.56 Å². The van der Waals surface area contributed by atoms with Crippen molar-refractivity contribution in [3.8, 4) is 22.1 Å². The van der Waals surface area contributed by atoms with E-state index in [-0.39, 0.29) is 17.0 Å². The number of thiazole rings is 1. The molecular formula is C19H14ClN5O2S. The number of aromatic amines is 1. The smallest absolute Gasteiger partial charge is 0.301 e. The number of hydrogen-bond donors (Lipinski definition) is 2. The number of azo groups is 1. The highest BCUT2D eigenvalue weighted by molar-refractivity contribution is 7.12. The van der Waals surface area contributed by atoms with Crippen molar-refractivity contribution in [1.82, 2.24) is 14.8 Å². The molecule has 0 radical (unpaired) electrons. The van der Waals surface area contributed by atoms with Gasteiger partial charge in [0.1, 0.15) is 5.75 Å². The fourth-order valence-corrected chi connectivity index (χ4v) is 3.45. The number of phenolic OH excluding ortho intramolecular Hbond substituents is 1. The predicted molar refractivity (Wildman–Crippen MR) is 110 cm³/mol. The van der Waals surface area contributed by atoms with Gasteiger partial charge in [-0.1, -0.05) is 23.7 Å². The van der Waals surface area contributed by atoms with Crippen LogP contribution >= 0.6 is 22.9 Å². The van der Waals surface area contributed by atoms with Crippen molar-refractivity contribution in [2.45, 2.75) is 6.92 Å². The summed E-state index contributed by atoms with van der Waals surface area (Å²) >= 11 is 7.26. The topological polar surface area (TPSA) is 95.6 Å². The minimum Gasteiger partial charge on any atom is -0.508 e. The molecule has 0 fully saturated rings. The second kappa shape index (κ2) is 7.41. The number of H-pyrrole nitrogens is 1. The molecule has 0 saturated heterocycles. The normalized spacial score (nSPS) is 11.4. The maximum Gasteiger partial charge on any atom is 0.301 e. The number of rotatable bonds is 4. The van der Waals surface area contributed by atoms with E-state index in [9.17, 15) is 9.90 Å². The zero-order valence-electron chi connectivity index (χ0n) is 14.6. The maximum absolute atomic E-state index is 12.7. The Morgan fingerprint density at radius 2 is 1.82 bits per heavy atom. The van der Waals surface area contributed by atoms with Gasteiger partial charge in [-0.3, -0.25) is 9.89 Å². The number of hydrogen-bond acceptors (Lipinski definition) is 6. The number of benzene rings is 2. The van der Waals surface area contributed by atoms with E-state index in [1.54, 1.807) is 31.2 Å². The number of aromatic nitrogens is 3. The summed E-state index contributed by atoms with van der Waals surface area (Å²) in [5.41, 5.74) is 2.64. The van der Waals surface area contributed by atoms with Gasteiger partial charge < -0.3 is 5.11 Å². The average molecular weight is 412 g/mol. The largest absolute Gasteiger partial charge is 0.508 e. The number of nitrogens with one attached hydrogen (secondary N) is 1. The Hall–Kier alpha value is -3.23. The molecule has 0 aliphatic carbocycles. The van der Waals surface area contributed by atoms with Crippen molar-refractivity contribution in [1.29, 1.82) is 0 Å². The first-order valence-corrected chi connectivity index (χ1v) is 9.51. The number of nitrogens with zero attached hydrogens (tertiary/aromatic N) is 4. The Bertz CT molecular complexity index is 1210. The van der Waals surface area contributed by atoms with Crippen molar-refractivity contribution in [2.75, 3.05) is 0 Å². The lowest BCUT2D eigenvalue weighted by atomic mass is 10.2. The maximum atomic E-state index is 12.7. The molecule has 0 bridgehead atoms. The zero-order valence-corrected chi connectivity index (χ0v) is 16.2. The first-order chi connectivity index (χ1) is 13.5. The van der Waals surface area contributed by atoms with Gasteiger partial charge in [0, 0.05) is 16.0 Å². The van der Waals surface area contributed by atoms with Crippen LogP contribution in [-0.4, -0.2) is 19.9 Å². The number of halogens is 1. The van der Waals surface area contributed by atoms with Crippen LogP contribution in [0.5, 0.6) is 5.75 Å². The van der Waals surface area contributed by atoms with E-state index in [4.69, 9.17) is 11.6 Å². The minimum atomic E-state index is -0.336. The van der Waals surface area contributed by atoms with Crippen LogP contribution in [0.1, 0.15) is 5.69 Å². The second-order valence-corrected chi connectivity index (χ2v) is 7.24. The first-order valence-electron chi connectivity index (χ1n) is 8.25. The third kappa shape index (κ3) is 3.60. The molecule has 0 amide bonds. The molecule has 28 heavy (non-hydrogen) atoms. The average Bonchev–Trinajstić information content (AvgIpc) is 3.27. The molecular weight excluding hydrogens is 398 g/mol. The van der Waals surface area contributed by atoms with Crippen LogP contribution in [0.25, 0.3) is 16.4 Å². The number of aryl methyl sites for hydroxylation is 1. The van der Waals surface area contributed by atoms with Crippen LogP contribution in [-0.2, 0) is 0 Å². The van der Waals surface area contributed by atoms with Gasteiger partial charge in [0.25, 0.3) is 0 Å². The van der Waals surface area contributed by atoms with Crippen LogP contribution in [0, 0.1) is 6.92 Å². The first kappa shape index (κ1) is 18.1. The molecule has 0 spiro atoms. The summed E-state index contributed by atoms with van der Waals surface area (Å²) in [5, 5.41) is 23.5. The molecule has 2 aromatic carbocycles. The zero-order chi connectivity index (χ0) is 19.7. The van der Waals surface area contributed by atoms with Gasteiger partial charge >= 0.3 is 5.56 Å². The van der Waals surface area contributed by atoms with Gasteiger partial charge in [-0.2, -0.15) is 9.80 Å². The fourth-order valence-electron chi connectivity index (χ4n) is 2.54. The fraction of sp³-hybridized carbons (Fsp3) is 0.0526. The van der Waals surface area contributed by atoms with E-state index < -0.39 is 0 Å². The molecule has 2 aromatic heterocycles. The van der Waals surface area contributed by atoms with Gasteiger partial charge in [-0.05, 0) is 43.3 Å². The van der Waals surface area contributed by atoms with Crippen LogP contribution in [0.3, 0.4) is 0 Å². The molecule has 0 aliphatic heterocycles. The summed E-state index contributed by atoms with van der Waals surface area (Å²) in [6.07, 6.45) is 0. The SMILES string of the molecule is Cc1[nH]n(-c2nc(-c3ccc(Cl)cc3)cs2)c(=O)c1N=Nc1ccc(O)cc1. The Balaban J connectivity index is 1.65. The van der Waals surface area contributed by atoms with E-state index in [1.165, 1.54) is 28.2 Å². The molecule has 140 valence electrons. The molecule has 9 heteroatoms. The third-order valence-electron chi connectivity index (χ3n) is 3.98. The summed E-state index contributed by atoms with van der Waals surface area (Å²) in [6.45, 7) is 1.75. The molecule has 4 rings (SSSR count). The third-order valence-corrected chi connectivity index (χ3v) is 5.06. The van der Waals surface area contributed by atoms with Crippen molar-refractivity contribution in [2.24, 2.45) is 10.2 Å². The predicted octanol–water partition coefficient (Wildman–Crippen LogP) is 5.37. The highest BCUT2D eigenvalue weighted by Crippen LogP contribution is 2.26. The number of aromatic hydroxyl groups is 1. The van der Waals surface area contributed by atoms with E-state index >= 15 is 0 Å². The standard InChI is InChI=1S/C19H14ClN5O2S/c1-11-17(23-22-14-6-8-15(26)9-7-14)18(27)25(24-11)19-21-16(10-28-19)12-2-4-13(20)5-3-12/h2-10,24,26H,1H3. The number of phenols is 1. The Kier molecular flexibility index (Phi) is 4.81. The lowest BCUT2D eigenvalue weighted by Crippen LogP contribution is -2.13. The van der Waals surface area contributed by atoms with Gasteiger partial charge in [-0.25, -0.2) is 4.98 Å². The van der Waals surface area contributed by atoms with Crippen molar-refractivity contribution in [3.63, 3.8) is 0 Å². The van der Waals surface area contributed by atoms with E-state index in [0.29, 0.717) is 21.5 Å². The molecule has 0 atom stereocenters. The summed E-state index contributed by atoms with van der Waals surface area (Å²) < 4.78 is 1.35. The van der Waals surface area contributed by atoms with Crippen LogP contribution in [0.15, 0.2) is 68.9 Å². The van der Waals surface area contributed by atoms with Gasteiger partial charge in [0.2, 0.25) is 5.13 Å². The van der Waals surface area contributed by atoms with E-state index in [1.807, 2.05) is 17.5 Å². The van der Waals surface area contributed by atoms with Crippen LogP contribution in [0.2, 0.25) is 5.02 Å². The van der Waals surface area contributed by atoms with E-state index in [2.05, 4.69) is 20.3 Å². The molecule has 0 saturated carbocycles. The van der Waals surface area contributed by atoms with E-state index in [0.717, 1.165) is 11.3 Å². The monoisotopic (exact) mass is 411 g/mol. The molecule has 7 nitrogen and oxygen atoms in total. The molecule has 0 aliphatic rings. The molecule has 2 heterocycles. The molecule has 0 unspecified atom stereocenters. The molecule has 4 aromatic rings. The van der Waals surface area contributed by atoms with Crippen LogP contribution in [0.4, 0.5) is 11.4 Å². The Labute approximate surface area is 168 Å². The van der Waals surface area contributed by atoms with Gasteiger partial charge in [-0.15, -0.1) is 16.5 Å². The molecule has 2 N–H and O–H groups in total. The lowest BCUT2D eigenvalue weighted by Gasteiger charge is -1.97. The highest BCUT2D eigenvalue weighted by atomic mass is 35.5. The minimum absolute atomic E-state index is 0.138. The summed E-state index contributed by atoms with van der Waals surface area (Å²) in [4.78, 5) is 17.3. The Morgan fingerprint density at radius 3 is 2.54 bits per heavy atom. The Morgan fingerprint density at radius 1 is 1.11 bits per heavy atom.